The average Bonchev–Trinajstić information content (AvgIpc) is 2.93. The predicted molar refractivity (Wildman–Crippen MR) is 77.8 cm³/mol. The van der Waals surface area contributed by atoms with E-state index in [9.17, 15) is 9.90 Å². The van der Waals surface area contributed by atoms with Crippen LogP contribution in [0.3, 0.4) is 0 Å². The highest BCUT2D eigenvalue weighted by Gasteiger charge is 2.13. The molecule has 100 valence electrons. The molecule has 1 amide bonds. The summed E-state index contributed by atoms with van der Waals surface area (Å²) in [5, 5.41) is 16.9. The van der Waals surface area contributed by atoms with Gasteiger partial charge in [-0.05, 0) is 47.0 Å². The minimum absolute atomic E-state index is 0.182. The van der Waals surface area contributed by atoms with Crippen molar-refractivity contribution in [1.82, 2.24) is 5.32 Å². The number of halogens is 1. The zero-order valence-corrected chi connectivity index (χ0v) is 12.0. The first-order chi connectivity index (χ1) is 9.09. The molecule has 5 heteroatoms. The smallest absolute Gasteiger partial charge is 0.251 e. The summed E-state index contributed by atoms with van der Waals surface area (Å²) in [6.07, 6.45) is -0.685. The Morgan fingerprint density at radius 2 is 2.26 bits per heavy atom. The van der Waals surface area contributed by atoms with Gasteiger partial charge in [0.05, 0.1) is 6.10 Å². The molecule has 0 fully saturated rings. The van der Waals surface area contributed by atoms with E-state index in [2.05, 4.69) is 5.32 Å². The lowest BCUT2D eigenvalue weighted by molar-refractivity contribution is 0.0916. The summed E-state index contributed by atoms with van der Waals surface area (Å²) in [4.78, 5) is 12.0. The van der Waals surface area contributed by atoms with E-state index < -0.39 is 6.10 Å². The summed E-state index contributed by atoms with van der Waals surface area (Å²) in [5.74, 6) is -0.228. The van der Waals surface area contributed by atoms with Crippen LogP contribution in [0.2, 0.25) is 5.02 Å². The summed E-state index contributed by atoms with van der Waals surface area (Å²) < 4.78 is 0. The second-order valence-electron chi connectivity index (χ2n) is 4.19. The Balaban J connectivity index is 2.00. The Morgan fingerprint density at radius 1 is 1.47 bits per heavy atom. The lowest BCUT2D eigenvalue weighted by atomic mass is 10.1. The molecule has 0 saturated carbocycles. The molecule has 0 aliphatic rings. The Labute approximate surface area is 120 Å². The fourth-order valence-electron chi connectivity index (χ4n) is 1.72. The summed E-state index contributed by atoms with van der Waals surface area (Å²) in [5.41, 5.74) is 2.09. The van der Waals surface area contributed by atoms with E-state index in [0.29, 0.717) is 10.6 Å². The number of hydrogen-bond donors (Lipinski definition) is 2. The van der Waals surface area contributed by atoms with Crippen molar-refractivity contribution in [3.63, 3.8) is 0 Å². The van der Waals surface area contributed by atoms with Crippen molar-refractivity contribution in [1.29, 1.82) is 0 Å². The number of hydrogen-bond acceptors (Lipinski definition) is 3. The van der Waals surface area contributed by atoms with E-state index in [1.165, 1.54) is 11.3 Å². The fraction of sp³-hybridized carbons (Fsp3) is 0.214. The van der Waals surface area contributed by atoms with Crippen LogP contribution >= 0.6 is 22.9 Å². The zero-order chi connectivity index (χ0) is 13.8. The number of nitrogens with one attached hydrogen (secondary N) is 1. The van der Waals surface area contributed by atoms with Crippen LogP contribution in [0.25, 0.3) is 0 Å². The Hall–Kier alpha value is -1.36. The van der Waals surface area contributed by atoms with Crippen molar-refractivity contribution in [2.45, 2.75) is 13.0 Å². The molecule has 1 aromatic heterocycles. The molecular weight excluding hydrogens is 282 g/mol. The molecule has 0 aliphatic heterocycles. The average molecular weight is 296 g/mol. The van der Waals surface area contributed by atoms with Crippen molar-refractivity contribution < 1.29 is 9.90 Å². The molecule has 2 aromatic rings. The lowest BCUT2D eigenvalue weighted by Gasteiger charge is -2.12. The van der Waals surface area contributed by atoms with Gasteiger partial charge < -0.3 is 10.4 Å². The molecule has 2 N–H and O–H groups in total. The van der Waals surface area contributed by atoms with Crippen LogP contribution in [0.15, 0.2) is 35.0 Å². The zero-order valence-electron chi connectivity index (χ0n) is 10.4. The first kappa shape index (κ1) is 14.1. The first-order valence-electron chi connectivity index (χ1n) is 5.83. The monoisotopic (exact) mass is 295 g/mol. The van der Waals surface area contributed by atoms with Gasteiger partial charge in [0.1, 0.15) is 0 Å². The fourth-order valence-corrected chi connectivity index (χ4v) is 2.60. The van der Waals surface area contributed by atoms with Crippen LogP contribution in [0.1, 0.15) is 27.6 Å². The van der Waals surface area contributed by atoms with Gasteiger partial charge in [0.2, 0.25) is 0 Å². The van der Waals surface area contributed by atoms with E-state index in [1.807, 2.05) is 16.8 Å². The molecule has 3 nitrogen and oxygen atoms in total. The van der Waals surface area contributed by atoms with Gasteiger partial charge in [-0.3, -0.25) is 4.79 Å². The van der Waals surface area contributed by atoms with Gasteiger partial charge in [0, 0.05) is 17.1 Å². The Morgan fingerprint density at radius 3 is 2.95 bits per heavy atom. The molecule has 0 spiro atoms. The van der Waals surface area contributed by atoms with Crippen LogP contribution < -0.4 is 5.32 Å². The quantitative estimate of drug-likeness (QED) is 0.910. The maximum Gasteiger partial charge on any atom is 0.251 e. The third-order valence-corrected chi connectivity index (χ3v) is 4.01. The minimum atomic E-state index is -0.685. The molecule has 19 heavy (non-hydrogen) atoms. The van der Waals surface area contributed by atoms with Crippen molar-refractivity contribution in [3.8, 4) is 0 Å². The highest BCUT2D eigenvalue weighted by Crippen LogP contribution is 2.19. The number of carbonyl (C=O) groups is 1. The van der Waals surface area contributed by atoms with E-state index in [4.69, 9.17) is 11.6 Å². The largest absolute Gasteiger partial charge is 0.387 e. The van der Waals surface area contributed by atoms with Gasteiger partial charge in [-0.25, -0.2) is 0 Å². The van der Waals surface area contributed by atoms with E-state index in [0.717, 1.165) is 11.1 Å². The maximum absolute atomic E-state index is 12.0. The van der Waals surface area contributed by atoms with Crippen molar-refractivity contribution in [3.05, 3.63) is 56.7 Å². The SMILES string of the molecule is Cc1c(Cl)cccc1C(=O)NCC(O)c1ccsc1. The van der Waals surface area contributed by atoms with Gasteiger partial charge in [-0.15, -0.1) is 0 Å². The van der Waals surface area contributed by atoms with E-state index in [1.54, 1.807) is 25.1 Å². The molecular formula is C14H14ClNO2S. The molecule has 1 atom stereocenters. The maximum atomic E-state index is 12.0. The number of aliphatic hydroxyl groups is 1. The third-order valence-electron chi connectivity index (χ3n) is 2.90. The summed E-state index contributed by atoms with van der Waals surface area (Å²) >= 11 is 7.49. The van der Waals surface area contributed by atoms with Crippen LogP contribution in [-0.4, -0.2) is 17.6 Å². The predicted octanol–water partition coefficient (Wildman–Crippen LogP) is 3.17. The molecule has 0 bridgehead atoms. The van der Waals surface area contributed by atoms with Crippen LogP contribution in [0, 0.1) is 6.92 Å². The topological polar surface area (TPSA) is 49.3 Å². The number of rotatable bonds is 4. The van der Waals surface area contributed by atoms with Gasteiger partial charge in [0.25, 0.3) is 5.91 Å². The molecule has 0 aliphatic carbocycles. The second kappa shape index (κ2) is 6.19. The minimum Gasteiger partial charge on any atom is -0.387 e. The van der Waals surface area contributed by atoms with Crippen LogP contribution in [0.5, 0.6) is 0 Å². The number of benzene rings is 1. The van der Waals surface area contributed by atoms with Gasteiger partial charge in [-0.2, -0.15) is 11.3 Å². The van der Waals surface area contributed by atoms with Crippen molar-refractivity contribution in [2.75, 3.05) is 6.54 Å². The third kappa shape index (κ3) is 3.35. The highest BCUT2D eigenvalue weighted by atomic mass is 35.5. The number of aliphatic hydroxyl groups excluding tert-OH is 1. The highest BCUT2D eigenvalue weighted by molar-refractivity contribution is 7.07. The van der Waals surface area contributed by atoms with Gasteiger partial charge in [-0.1, -0.05) is 17.7 Å². The standard InChI is InChI=1S/C14H14ClNO2S/c1-9-11(3-2-4-12(9)15)14(18)16-7-13(17)10-5-6-19-8-10/h2-6,8,13,17H,7H2,1H3,(H,16,18). The summed E-state index contributed by atoms with van der Waals surface area (Å²) in [6, 6.07) is 7.03. The van der Waals surface area contributed by atoms with Crippen molar-refractivity contribution in [2.24, 2.45) is 0 Å². The molecule has 1 heterocycles. The van der Waals surface area contributed by atoms with Gasteiger partial charge >= 0.3 is 0 Å². The number of carbonyl (C=O) groups excluding carboxylic acids is 1. The summed E-state index contributed by atoms with van der Waals surface area (Å²) in [7, 11) is 0. The lowest BCUT2D eigenvalue weighted by Crippen LogP contribution is -2.28. The van der Waals surface area contributed by atoms with E-state index in [-0.39, 0.29) is 12.5 Å². The van der Waals surface area contributed by atoms with Crippen molar-refractivity contribution >= 4 is 28.8 Å². The Bertz CT molecular complexity index is 569. The first-order valence-corrected chi connectivity index (χ1v) is 7.15. The molecule has 1 unspecified atom stereocenters. The second-order valence-corrected chi connectivity index (χ2v) is 5.38. The molecule has 2 rings (SSSR count). The number of amides is 1. The van der Waals surface area contributed by atoms with Crippen LogP contribution in [0.4, 0.5) is 0 Å². The number of thiophene rings is 1. The van der Waals surface area contributed by atoms with E-state index >= 15 is 0 Å². The molecule has 0 radical (unpaired) electrons. The Kier molecular flexibility index (Phi) is 4.58. The molecule has 0 saturated heterocycles. The normalized spacial score (nSPS) is 12.2. The summed E-state index contributed by atoms with van der Waals surface area (Å²) in [6.45, 7) is 1.98. The van der Waals surface area contributed by atoms with Crippen LogP contribution in [-0.2, 0) is 0 Å². The molecule has 1 aromatic carbocycles. The van der Waals surface area contributed by atoms with Gasteiger partial charge in [0.15, 0.2) is 0 Å².